The van der Waals surface area contributed by atoms with E-state index in [-0.39, 0.29) is 11.7 Å². The molecule has 0 saturated carbocycles. The van der Waals surface area contributed by atoms with Gasteiger partial charge in [-0.25, -0.2) is 8.42 Å². The molecule has 0 saturated heterocycles. The molecule has 27 heavy (non-hydrogen) atoms. The fraction of sp³-hybridized carbons (Fsp3) is 0.350. The van der Waals surface area contributed by atoms with Crippen molar-refractivity contribution in [3.8, 4) is 0 Å². The van der Waals surface area contributed by atoms with Gasteiger partial charge in [-0.1, -0.05) is 0 Å². The Morgan fingerprint density at radius 2 is 1.85 bits per heavy atom. The highest BCUT2D eigenvalue weighted by Crippen LogP contribution is 2.32. The number of carbonyl (C=O) groups is 1. The largest absolute Gasteiger partial charge is 0.378 e. The maximum Gasteiger partial charge on any atom is 0.255 e. The molecule has 1 N–H and O–H groups in total. The molecule has 6 nitrogen and oxygen atoms in total. The highest BCUT2D eigenvalue weighted by Gasteiger charge is 2.26. The van der Waals surface area contributed by atoms with E-state index in [1.54, 1.807) is 31.2 Å². The van der Waals surface area contributed by atoms with Crippen molar-refractivity contribution in [2.45, 2.75) is 19.8 Å². The number of carbonyl (C=O) groups excluding carboxylic acids is 1. The number of sulfonamides is 1. The van der Waals surface area contributed by atoms with Crippen LogP contribution in [-0.4, -0.2) is 40.7 Å². The molecular weight excluding hydrogens is 362 g/mol. The summed E-state index contributed by atoms with van der Waals surface area (Å²) in [5.74, 6) is -0.109. The van der Waals surface area contributed by atoms with E-state index in [1.165, 1.54) is 4.31 Å². The van der Waals surface area contributed by atoms with E-state index in [1.807, 2.05) is 37.2 Å². The van der Waals surface area contributed by atoms with E-state index >= 15 is 0 Å². The van der Waals surface area contributed by atoms with E-state index < -0.39 is 10.0 Å². The number of aryl methyl sites for hydroxylation is 1. The van der Waals surface area contributed by atoms with Crippen LogP contribution in [0.15, 0.2) is 42.5 Å². The van der Waals surface area contributed by atoms with E-state index in [4.69, 9.17) is 0 Å². The zero-order chi connectivity index (χ0) is 19.6. The molecule has 0 unspecified atom stereocenters. The van der Waals surface area contributed by atoms with E-state index in [9.17, 15) is 13.2 Å². The van der Waals surface area contributed by atoms with Crippen LogP contribution in [0.25, 0.3) is 0 Å². The quantitative estimate of drug-likeness (QED) is 0.856. The van der Waals surface area contributed by atoms with Gasteiger partial charge in [-0.15, -0.1) is 0 Å². The average molecular weight is 388 g/mol. The second kappa shape index (κ2) is 7.60. The number of benzene rings is 2. The predicted octanol–water partition coefficient (Wildman–Crippen LogP) is 3.11. The van der Waals surface area contributed by atoms with Gasteiger partial charge in [-0.05, 0) is 67.8 Å². The first-order chi connectivity index (χ1) is 12.8. The SMILES string of the molecule is CCS(=O)(=O)N1CCCc2cc(NC(=O)c3ccc(N(C)C)cc3)ccc21. The molecule has 2 aromatic carbocycles. The number of rotatable bonds is 5. The smallest absolute Gasteiger partial charge is 0.255 e. The molecule has 7 heteroatoms. The monoisotopic (exact) mass is 387 g/mol. The van der Waals surface area contributed by atoms with Crippen LogP contribution in [0, 0.1) is 0 Å². The van der Waals surface area contributed by atoms with Crippen LogP contribution in [0.4, 0.5) is 17.1 Å². The van der Waals surface area contributed by atoms with Gasteiger partial charge in [0, 0.05) is 37.6 Å². The molecule has 0 aliphatic carbocycles. The molecule has 2 aromatic rings. The third-order valence-corrected chi connectivity index (χ3v) is 6.54. The van der Waals surface area contributed by atoms with Crippen molar-refractivity contribution < 1.29 is 13.2 Å². The summed E-state index contributed by atoms with van der Waals surface area (Å²) in [5, 5.41) is 2.90. The summed E-state index contributed by atoms with van der Waals surface area (Å²) in [6, 6.07) is 12.8. The van der Waals surface area contributed by atoms with E-state index in [2.05, 4.69) is 5.32 Å². The van der Waals surface area contributed by atoms with Crippen LogP contribution in [0.2, 0.25) is 0 Å². The van der Waals surface area contributed by atoms with Crippen molar-refractivity contribution in [3.05, 3.63) is 53.6 Å². The minimum atomic E-state index is -3.28. The fourth-order valence-electron chi connectivity index (χ4n) is 3.20. The maximum atomic E-state index is 12.5. The lowest BCUT2D eigenvalue weighted by molar-refractivity contribution is 0.102. The zero-order valence-corrected chi connectivity index (χ0v) is 16.7. The van der Waals surface area contributed by atoms with Gasteiger partial charge in [0.05, 0.1) is 11.4 Å². The predicted molar refractivity (Wildman–Crippen MR) is 110 cm³/mol. The molecule has 1 aliphatic rings. The number of anilines is 3. The number of hydrogen-bond acceptors (Lipinski definition) is 4. The summed E-state index contributed by atoms with van der Waals surface area (Å²) in [6.07, 6.45) is 1.57. The molecule has 0 atom stereocenters. The molecule has 1 amide bonds. The lowest BCUT2D eigenvalue weighted by Gasteiger charge is -2.30. The second-order valence-electron chi connectivity index (χ2n) is 6.82. The molecule has 1 aliphatic heterocycles. The first-order valence-corrected chi connectivity index (χ1v) is 10.6. The van der Waals surface area contributed by atoms with Gasteiger partial charge in [0.2, 0.25) is 10.0 Å². The molecule has 144 valence electrons. The Kier molecular flexibility index (Phi) is 5.41. The Bertz CT molecular complexity index is 937. The molecule has 3 rings (SSSR count). The number of nitrogens with zero attached hydrogens (tertiary/aromatic N) is 2. The summed E-state index contributed by atoms with van der Waals surface area (Å²) in [4.78, 5) is 14.5. The number of nitrogens with one attached hydrogen (secondary N) is 1. The number of fused-ring (bicyclic) bond motifs is 1. The van der Waals surface area contributed by atoms with Crippen molar-refractivity contribution >= 4 is 33.0 Å². The van der Waals surface area contributed by atoms with Gasteiger partial charge in [-0.2, -0.15) is 0 Å². The van der Waals surface area contributed by atoms with Gasteiger partial charge in [0.1, 0.15) is 0 Å². The molecule has 0 fully saturated rings. The van der Waals surface area contributed by atoms with Crippen LogP contribution in [0.5, 0.6) is 0 Å². The third-order valence-electron chi connectivity index (χ3n) is 4.76. The summed E-state index contributed by atoms with van der Waals surface area (Å²) >= 11 is 0. The van der Waals surface area contributed by atoms with E-state index in [0.29, 0.717) is 17.8 Å². The molecule has 0 radical (unpaired) electrons. The first kappa shape index (κ1) is 19.2. The van der Waals surface area contributed by atoms with Gasteiger partial charge in [0.15, 0.2) is 0 Å². The number of hydrogen-bond donors (Lipinski definition) is 1. The minimum Gasteiger partial charge on any atom is -0.378 e. The van der Waals surface area contributed by atoms with Crippen molar-refractivity contribution in [1.29, 1.82) is 0 Å². The molecule has 1 heterocycles. The highest BCUT2D eigenvalue weighted by atomic mass is 32.2. The van der Waals surface area contributed by atoms with Gasteiger partial charge >= 0.3 is 0 Å². The fourth-order valence-corrected chi connectivity index (χ4v) is 4.40. The second-order valence-corrected chi connectivity index (χ2v) is 9.00. The normalized spacial score (nSPS) is 13.8. The van der Waals surface area contributed by atoms with Gasteiger partial charge < -0.3 is 10.2 Å². The summed E-state index contributed by atoms with van der Waals surface area (Å²) < 4.78 is 26.1. The lowest BCUT2D eigenvalue weighted by Crippen LogP contribution is -2.36. The standard InChI is InChI=1S/C20H25N3O3S/c1-4-27(25,26)23-13-5-6-16-14-17(9-12-19(16)23)21-20(24)15-7-10-18(11-8-15)22(2)3/h7-12,14H,4-6,13H2,1-3H3,(H,21,24). The van der Waals surface area contributed by atoms with E-state index in [0.717, 1.165) is 29.8 Å². The average Bonchev–Trinajstić information content (AvgIpc) is 2.67. The Balaban J connectivity index is 1.80. The Hall–Kier alpha value is -2.54. The van der Waals surface area contributed by atoms with Crippen molar-refractivity contribution in [2.75, 3.05) is 40.9 Å². The van der Waals surface area contributed by atoms with Crippen molar-refractivity contribution in [1.82, 2.24) is 0 Å². The van der Waals surface area contributed by atoms with Crippen LogP contribution in [0.1, 0.15) is 29.3 Å². The summed E-state index contributed by atoms with van der Waals surface area (Å²) in [6.45, 7) is 2.16. The van der Waals surface area contributed by atoms with Crippen molar-refractivity contribution in [3.63, 3.8) is 0 Å². The molecule has 0 spiro atoms. The van der Waals surface area contributed by atoms with Crippen LogP contribution in [-0.2, 0) is 16.4 Å². The third kappa shape index (κ3) is 4.08. The number of amides is 1. The Morgan fingerprint density at radius 3 is 2.48 bits per heavy atom. The van der Waals surface area contributed by atoms with Gasteiger partial charge in [-0.3, -0.25) is 9.10 Å². The van der Waals surface area contributed by atoms with Crippen LogP contribution >= 0.6 is 0 Å². The Morgan fingerprint density at radius 1 is 1.15 bits per heavy atom. The van der Waals surface area contributed by atoms with Gasteiger partial charge in [0.25, 0.3) is 5.91 Å². The highest BCUT2D eigenvalue weighted by molar-refractivity contribution is 7.92. The van der Waals surface area contributed by atoms with Crippen LogP contribution < -0.4 is 14.5 Å². The zero-order valence-electron chi connectivity index (χ0n) is 15.9. The Labute approximate surface area is 160 Å². The molecular formula is C20H25N3O3S. The molecule has 0 bridgehead atoms. The maximum absolute atomic E-state index is 12.5. The van der Waals surface area contributed by atoms with Crippen molar-refractivity contribution in [2.24, 2.45) is 0 Å². The summed E-state index contributed by atoms with van der Waals surface area (Å²) in [5.41, 5.74) is 3.94. The minimum absolute atomic E-state index is 0.0773. The summed E-state index contributed by atoms with van der Waals surface area (Å²) in [7, 11) is 0.615. The lowest BCUT2D eigenvalue weighted by atomic mass is 10.0. The van der Waals surface area contributed by atoms with Crippen LogP contribution in [0.3, 0.4) is 0 Å². The topological polar surface area (TPSA) is 69.7 Å². The molecule has 0 aromatic heterocycles. The first-order valence-electron chi connectivity index (χ1n) is 9.04.